The van der Waals surface area contributed by atoms with Crippen molar-refractivity contribution in [2.45, 2.75) is 26.4 Å². The Labute approximate surface area is 128 Å². The van der Waals surface area contributed by atoms with Crippen LogP contribution in [0.5, 0.6) is 0 Å². The average Bonchev–Trinajstić information content (AvgIpc) is 2.92. The van der Waals surface area contributed by atoms with Crippen LogP contribution in [0, 0.1) is 5.41 Å². The summed E-state index contributed by atoms with van der Waals surface area (Å²) in [5.41, 5.74) is 1.44. The van der Waals surface area contributed by atoms with Crippen molar-refractivity contribution < 1.29 is 4.42 Å². The van der Waals surface area contributed by atoms with Gasteiger partial charge in [-0.2, -0.15) is 0 Å². The van der Waals surface area contributed by atoms with Crippen molar-refractivity contribution in [3.05, 3.63) is 60.1 Å². The smallest absolute Gasteiger partial charge is 0.117 e. The lowest BCUT2D eigenvalue weighted by Crippen LogP contribution is -2.40. The molecule has 114 valence electrons. The Kier molecular flexibility index (Phi) is 5.21. The van der Waals surface area contributed by atoms with Crippen LogP contribution >= 0.6 is 0 Å². The van der Waals surface area contributed by atoms with Crippen LogP contribution in [0.4, 0.5) is 0 Å². The first-order valence-electron chi connectivity index (χ1n) is 7.46. The number of benzene rings is 1. The molecule has 0 aliphatic carbocycles. The molecule has 0 bridgehead atoms. The van der Waals surface area contributed by atoms with E-state index < -0.39 is 0 Å². The minimum Gasteiger partial charge on any atom is -0.468 e. The molecule has 2 aromatic rings. The van der Waals surface area contributed by atoms with Crippen molar-refractivity contribution in [3.63, 3.8) is 0 Å². The molecule has 1 aromatic heterocycles. The second-order valence-electron chi connectivity index (χ2n) is 6.37. The van der Waals surface area contributed by atoms with Crippen molar-refractivity contribution in [1.82, 2.24) is 10.2 Å². The van der Waals surface area contributed by atoms with Crippen LogP contribution in [0.3, 0.4) is 0 Å². The van der Waals surface area contributed by atoms with Crippen molar-refractivity contribution in [2.24, 2.45) is 5.41 Å². The van der Waals surface area contributed by atoms with Gasteiger partial charge in [0.15, 0.2) is 0 Å². The zero-order chi connectivity index (χ0) is 15.3. The first-order valence-corrected chi connectivity index (χ1v) is 7.46. The van der Waals surface area contributed by atoms with E-state index in [4.69, 9.17) is 4.42 Å². The van der Waals surface area contributed by atoms with E-state index in [9.17, 15) is 0 Å². The first-order chi connectivity index (χ1) is 10.0. The van der Waals surface area contributed by atoms with Crippen LogP contribution in [-0.4, -0.2) is 25.5 Å². The molecule has 0 spiro atoms. The summed E-state index contributed by atoms with van der Waals surface area (Å²) in [4.78, 5) is 2.31. The predicted molar refractivity (Wildman–Crippen MR) is 87.1 cm³/mol. The van der Waals surface area contributed by atoms with Crippen LogP contribution in [0.15, 0.2) is 53.1 Å². The summed E-state index contributed by atoms with van der Waals surface area (Å²) in [6.45, 7) is 6.43. The van der Waals surface area contributed by atoms with E-state index in [0.29, 0.717) is 6.04 Å². The van der Waals surface area contributed by atoms with Crippen molar-refractivity contribution >= 4 is 0 Å². The number of nitrogens with one attached hydrogen (secondary N) is 1. The van der Waals surface area contributed by atoms with Gasteiger partial charge in [0.1, 0.15) is 5.76 Å². The lowest BCUT2D eigenvalue weighted by Gasteiger charge is -2.37. The number of hydrogen-bond acceptors (Lipinski definition) is 3. The summed E-state index contributed by atoms with van der Waals surface area (Å²) < 4.78 is 5.43. The molecule has 0 amide bonds. The molecule has 3 nitrogen and oxygen atoms in total. The van der Waals surface area contributed by atoms with Crippen molar-refractivity contribution in [1.29, 1.82) is 0 Å². The number of rotatable bonds is 7. The Hall–Kier alpha value is -1.58. The molecule has 0 aliphatic heterocycles. The summed E-state index contributed by atoms with van der Waals surface area (Å²) >= 11 is 0. The summed E-state index contributed by atoms with van der Waals surface area (Å²) in [7, 11) is 4.17. The summed E-state index contributed by atoms with van der Waals surface area (Å²) in [5.74, 6) is 1.01. The van der Waals surface area contributed by atoms with Crippen LogP contribution in [0.2, 0.25) is 0 Å². The molecule has 0 radical (unpaired) electrons. The topological polar surface area (TPSA) is 28.4 Å². The highest BCUT2D eigenvalue weighted by molar-refractivity contribution is 5.21. The normalized spacial score (nSPS) is 13.6. The molecule has 1 unspecified atom stereocenters. The predicted octanol–water partition coefficient (Wildman–Crippen LogP) is 3.70. The highest BCUT2D eigenvalue weighted by atomic mass is 16.3. The fraction of sp³-hybridized carbons (Fsp3) is 0.444. The average molecular weight is 286 g/mol. The minimum absolute atomic E-state index is 0.109. The molecule has 21 heavy (non-hydrogen) atoms. The Bertz CT molecular complexity index is 519. The second-order valence-corrected chi connectivity index (χ2v) is 6.37. The third kappa shape index (κ3) is 4.19. The molecule has 1 atom stereocenters. The summed E-state index contributed by atoms with van der Waals surface area (Å²) in [6.07, 6.45) is 1.73. The van der Waals surface area contributed by atoms with Gasteiger partial charge < -0.3 is 9.73 Å². The maximum Gasteiger partial charge on any atom is 0.117 e. The fourth-order valence-electron chi connectivity index (χ4n) is 3.17. The Morgan fingerprint density at radius 1 is 1.14 bits per heavy atom. The number of furan rings is 1. The molecule has 0 aliphatic rings. The van der Waals surface area contributed by atoms with E-state index in [2.05, 4.69) is 61.4 Å². The van der Waals surface area contributed by atoms with Crippen LogP contribution < -0.4 is 5.32 Å². The van der Waals surface area contributed by atoms with Crippen molar-refractivity contribution in [3.8, 4) is 0 Å². The fourth-order valence-corrected chi connectivity index (χ4v) is 3.17. The third-order valence-corrected chi connectivity index (χ3v) is 3.89. The molecule has 1 aromatic carbocycles. The largest absolute Gasteiger partial charge is 0.468 e. The molecule has 1 heterocycles. The summed E-state index contributed by atoms with van der Waals surface area (Å²) in [6, 6.07) is 14.9. The third-order valence-electron chi connectivity index (χ3n) is 3.89. The van der Waals surface area contributed by atoms with Gasteiger partial charge >= 0.3 is 0 Å². The molecule has 0 fully saturated rings. The maximum absolute atomic E-state index is 5.43. The Balaban J connectivity index is 2.05. The Morgan fingerprint density at radius 2 is 1.86 bits per heavy atom. The van der Waals surface area contributed by atoms with Gasteiger partial charge in [-0.15, -0.1) is 0 Å². The zero-order valence-electron chi connectivity index (χ0n) is 13.5. The maximum atomic E-state index is 5.43. The zero-order valence-corrected chi connectivity index (χ0v) is 13.5. The van der Waals surface area contributed by atoms with Gasteiger partial charge in [-0.1, -0.05) is 44.2 Å². The molecular weight excluding hydrogens is 260 g/mol. The lowest BCUT2D eigenvalue weighted by molar-refractivity contribution is 0.150. The minimum atomic E-state index is 0.109. The van der Waals surface area contributed by atoms with E-state index >= 15 is 0 Å². The van der Waals surface area contributed by atoms with Gasteiger partial charge in [0.2, 0.25) is 0 Å². The molecule has 0 saturated heterocycles. The SMILES string of the molecule is CNC(c1ccccc1)C(C)(C)CN(C)Cc1ccco1. The van der Waals surface area contributed by atoms with Crippen LogP contribution in [0.25, 0.3) is 0 Å². The molecular formula is C18H26N2O. The van der Waals surface area contributed by atoms with Gasteiger partial charge in [-0.25, -0.2) is 0 Å². The number of hydrogen-bond donors (Lipinski definition) is 1. The number of nitrogens with zero attached hydrogens (tertiary/aromatic N) is 1. The van der Waals surface area contributed by atoms with E-state index in [1.54, 1.807) is 6.26 Å². The molecule has 1 N–H and O–H groups in total. The van der Waals surface area contributed by atoms with E-state index in [0.717, 1.165) is 18.8 Å². The van der Waals surface area contributed by atoms with Gasteiger partial charge in [0, 0.05) is 12.6 Å². The van der Waals surface area contributed by atoms with Crippen LogP contribution in [-0.2, 0) is 6.54 Å². The highest BCUT2D eigenvalue weighted by Gasteiger charge is 2.30. The van der Waals surface area contributed by atoms with Gasteiger partial charge in [-0.05, 0) is 37.2 Å². The molecule has 3 heteroatoms. The molecule has 2 rings (SSSR count). The monoisotopic (exact) mass is 286 g/mol. The summed E-state index contributed by atoms with van der Waals surface area (Å²) in [5, 5.41) is 3.47. The lowest BCUT2D eigenvalue weighted by atomic mass is 9.80. The van der Waals surface area contributed by atoms with Gasteiger partial charge in [0.25, 0.3) is 0 Å². The van der Waals surface area contributed by atoms with E-state index in [-0.39, 0.29) is 5.41 Å². The second kappa shape index (κ2) is 6.92. The first kappa shape index (κ1) is 15.8. The standard InChI is InChI=1S/C18H26N2O/c1-18(2,14-20(4)13-16-11-8-12-21-16)17(19-3)15-9-6-5-7-10-15/h5-12,17,19H,13-14H2,1-4H3. The van der Waals surface area contributed by atoms with Crippen LogP contribution in [0.1, 0.15) is 31.2 Å². The molecule has 0 saturated carbocycles. The van der Waals surface area contributed by atoms with E-state index in [1.165, 1.54) is 5.56 Å². The quantitative estimate of drug-likeness (QED) is 0.841. The highest BCUT2D eigenvalue weighted by Crippen LogP contribution is 2.33. The van der Waals surface area contributed by atoms with E-state index in [1.807, 2.05) is 19.2 Å². The van der Waals surface area contributed by atoms with Gasteiger partial charge in [0.05, 0.1) is 12.8 Å². The Morgan fingerprint density at radius 3 is 2.43 bits per heavy atom. The van der Waals surface area contributed by atoms with Gasteiger partial charge in [-0.3, -0.25) is 4.90 Å². The van der Waals surface area contributed by atoms with Crippen molar-refractivity contribution in [2.75, 3.05) is 20.6 Å².